The lowest BCUT2D eigenvalue weighted by Gasteiger charge is -2.37. The lowest BCUT2D eigenvalue weighted by molar-refractivity contribution is 0.248. The van der Waals surface area contributed by atoms with Crippen LogP contribution >= 0.6 is 11.6 Å². The molecular weight excluding hydrogens is 234 g/mol. The summed E-state index contributed by atoms with van der Waals surface area (Å²) >= 11 is 5.92. The van der Waals surface area contributed by atoms with Crippen molar-refractivity contribution in [3.63, 3.8) is 0 Å². The highest BCUT2D eigenvalue weighted by atomic mass is 35.5. The van der Waals surface area contributed by atoms with Crippen LogP contribution in [0.3, 0.4) is 0 Å². The van der Waals surface area contributed by atoms with Crippen LogP contribution < -0.4 is 10.6 Å². The Kier molecular flexibility index (Phi) is 3.79. The number of halogens is 1. The molecule has 1 atom stereocenters. The van der Waals surface area contributed by atoms with Gasteiger partial charge in [-0.15, -0.1) is 0 Å². The maximum atomic E-state index is 6.02. The van der Waals surface area contributed by atoms with E-state index < -0.39 is 0 Å². The van der Waals surface area contributed by atoms with Gasteiger partial charge in [-0.3, -0.25) is 0 Å². The predicted molar refractivity (Wildman–Crippen MR) is 74.8 cm³/mol. The second-order valence-corrected chi connectivity index (χ2v) is 5.31. The fraction of sp³-hybridized carbons (Fsp3) is 0.538. The number of piperidine rings is 1. The maximum Gasteiger partial charge on any atom is 0.0601 e. The zero-order chi connectivity index (χ0) is 12.4. The van der Waals surface area contributed by atoms with E-state index in [-0.39, 0.29) is 0 Å². The molecule has 0 radical (unpaired) electrons. The normalized spacial score (nSPS) is 21.5. The molecule has 0 spiro atoms. The summed E-state index contributed by atoms with van der Waals surface area (Å²) in [5.41, 5.74) is 7.86. The molecule has 1 aliphatic heterocycles. The molecule has 94 valence electrons. The minimum Gasteiger partial charge on any atom is -0.397 e. The summed E-state index contributed by atoms with van der Waals surface area (Å²) in [6.45, 7) is 2.29. The number of nitrogen functional groups attached to an aromatic ring is 1. The van der Waals surface area contributed by atoms with Gasteiger partial charge >= 0.3 is 0 Å². The Labute approximate surface area is 108 Å². The topological polar surface area (TPSA) is 32.5 Å². The van der Waals surface area contributed by atoms with Gasteiger partial charge in [-0.25, -0.2) is 0 Å². The minimum absolute atomic E-state index is 0.539. The van der Waals surface area contributed by atoms with Gasteiger partial charge in [-0.2, -0.15) is 0 Å². The van der Waals surface area contributed by atoms with Crippen molar-refractivity contribution in [1.82, 2.24) is 4.90 Å². The smallest absolute Gasteiger partial charge is 0.0601 e. The second-order valence-electron chi connectivity index (χ2n) is 4.87. The number of likely N-dealkylation sites (tertiary alicyclic amines) is 1. The Hall–Kier alpha value is -0.930. The average Bonchev–Trinajstić information content (AvgIpc) is 2.28. The zero-order valence-electron chi connectivity index (χ0n) is 10.5. The molecule has 1 heterocycles. The molecule has 1 fully saturated rings. The number of nitrogens with zero attached hydrogens (tertiary/aromatic N) is 2. The Balaban J connectivity index is 2.15. The molecule has 0 aromatic heterocycles. The highest BCUT2D eigenvalue weighted by Gasteiger charge is 2.22. The molecule has 1 aromatic carbocycles. The van der Waals surface area contributed by atoms with E-state index in [0.29, 0.717) is 11.1 Å². The van der Waals surface area contributed by atoms with Gasteiger partial charge in [0, 0.05) is 24.7 Å². The summed E-state index contributed by atoms with van der Waals surface area (Å²) in [4.78, 5) is 4.65. The van der Waals surface area contributed by atoms with Gasteiger partial charge in [-0.05, 0) is 44.6 Å². The van der Waals surface area contributed by atoms with E-state index in [1.807, 2.05) is 18.2 Å². The SMILES string of the molecule is CN1CCCC(N(C)c2ccc(Cl)cc2N)C1. The zero-order valence-corrected chi connectivity index (χ0v) is 11.2. The quantitative estimate of drug-likeness (QED) is 0.822. The largest absolute Gasteiger partial charge is 0.397 e. The number of nitrogens with two attached hydrogens (primary N) is 1. The fourth-order valence-corrected chi connectivity index (χ4v) is 2.68. The van der Waals surface area contributed by atoms with Crippen LogP contribution in [0.4, 0.5) is 11.4 Å². The summed E-state index contributed by atoms with van der Waals surface area (Å²) in [5.74, 6) is 0. The number of rotatable bonds is 2. The standard InChI is InChI=1S/C13H20ClN3/c1-16-7-3-4-11(9-16)17(2)13-6-5-10(14)8-12(13)15/h5-6,8,11H,3-4,7,9,15H2,1-2H3. The molecule has 0 saturated carbocycles. The van der Waals surface area contributed by atoms with Gasteiger partial charge in [-0.1, -0.05) is 11.6 Å². The van der Waals surface area contributed by atoms with Crippen LogP contribution in [0.25, 0.3) is 0 Å². The van der Waals surface area contributed by atoms with Gasteiger partial charge in [0.25, 0.3) is 0 Å². The van der Waals surface area contributed by atoms with Crippen molar-refractivity contribution in [2.75, 3.05) is 37.8 Å². The number of anilines is 2. The van der Waals surface area contributed by atoms with Crippen LogP contribution in [0.1, 0.15) is 12.8 Å². The van der Waals surface area contributed by atoms with Crippen LogP contribution in [0.15, 0.2) is 18.2 Å². The monoisotopic (exact) mass is 253 g/mol. The molecule has 0 aliphatic carbocycles. The second kappa shape index (κ2) is 5.15. The maximum absolute atomic E-state index is 6.02. The predicted octanol–water partition coefficient (Wildman–Crippen LogP) is 2.45. The van der Waals surface area contributed by atoms with Crippen molar-refractivity contribution in [3.05, 3.63) is 23.2 Å². The molecule has 1 aliphatic rings. The fourth-order valence-electron chi connectivity index (χ4n) is 2.50. The first-order valence-electron chi connectivity index (χ1n) is 6.04. The summed E-state index contributed by atoms with van der Waals surface area (Å²) in [6, 6.07) is 6.26. The van der Waals surface area contributed by atoms with Crippen LogP contribution in [-0.2, 0) is 0 Å². The van der Waals surface area contributed by atoms with E-state index in [4.69, 9.17) is 17.3 Å². The number of hydrogen-bond acceptors (Lipinski definition) is 3. The van der Waals surface area contributed by atoms with Crippen molar-refractivity contribution in [2.45, 2.75) is 18.9 Å². The van der Waals surface area contributed by atoms with Crippen molar-refractivity contribution >= 4 is 23.0 Å². The van der Waals surface area contributed by atoms with Crippen LogP contribution in [0.2, 0.25) is 5.02 Å². The van der Waals surface area contributed by atoms with Crippen LogP contribution in [0.5, 0.6) is 0 Å². The molecule has 1 aromatic rings. The van der Waals surface area contributed by atoms with E-state index in [0.717, 1.165) is 17.9 Å². The van der Waals surface area contributed by atoms with E-state index in [1.54, 1.807) is 0 Å². The lowest BCUT2D eigenvalue weighted by Crippen LogP contribution is -2.45. The first-order valence-corrected chi connectivity index (χ1v) is 6.42. The number of benzene rings is 1. The molecule has 3 nitrogen and oxygen atoms in total. The van der Waals surface area contributed by atoms with E-state index in [1.165, 1.54) is 19.4 Å². The van der Waals surface area contributed by atoms with Gasteiger partial charge in [0.15, 0.2) is 0 Å². The lowest BCUT2D eigenvalue weighted by atomic mass is 10.0. The molecule has 2 N–H and O–H groups in total. The van der Waals surface area contributed by atoms with Crippen molar-refractivity contribution in [3.8, 4) is 0 Å². The summed E-state index contributed by atoms with van der Waals surface area (Å²) in [6.07, 6.45) is 2.47. The summed E-state index contributed by atoms with van der Waals surface area (Å²) in [7, 11) is 4.29. The van der Waals surface area contributed by atoms with Crippen molar-refractivity contribution in [2.24, 2.45) is 0 Å². The Morgan fingerprint density at radius 1 is 1.47 bits per heavy atom. The molecular formula is C13H20ClN3. The van der Waals surface area contributed by atoms with Gasteiger partial charge in [0.2, 0.25) is 0 Å². The minimum atomic E-state index is 0.539. The first kappa shape index (κ1) is 12.5. The third-order valence-electron chi connectivity index (χ3n) is 3.52. The van der Waals surface area contributed by atoms with Crippen molar-refractivity contribution in [1.29, 1.82) is 0 Å². The number of hydrogen-bond donors (Lipinski definition) is 1. The van der Waals surface area contributed by atoms with E-state index in [9.17, 15) is 0 Å². The number of likely N-dealkylation sites (N-methyl/N-ethyl adjacent to an activating group) is 2. The molecule has 2 rings (SSSR count). The van der Waals surface area contributed by atoms with E-state index in [2.05, 4.69) is 23.9 Å². The Morgan fingerprint density at radius 3 is 2.88 bits per heavy atom. The third-order valence-corrected chi connectivity index (χ3v) is 3.75. The van der Waals surface area contributed by atoms with Crippen molar-refractivity contribution < 1.29 is 0 Å². The Bertz CT molecular complexity index is 394. The average molecular weight is 254 g/mol. The first-order chi connectivity index (χ1) is 8.08. The molecule has 4 heteroatoms. The van der Waals surface area contributed by atoms with E-state index >= 15 is 0 Å². The molecule has 0 amide bonds. The van der Waals surface area contributed by atoms with Gasteiger partial charge in [0.1, 0.15) is 0 Å². The molecule has 17 heavy (non-hydrogen) atoms. The molecule has 1 saturated heterocycles. The van der Waals surface area contributed by atoms with Crippen LogP contribution in [-0.4, -0.2) is 38.1 Å². The third kappa shape index (κ3) is 2.85. The highest BCUT2D eigenvalue weighted by molar-refractivity contribution is 6.31. The van der Waals surface area contributed by atoms with Crippen LogP contribution in [0, 0.1) is 0 Å². The van der Waals surface area contributed by atoms with Gasteiger partial charge in [0.05, 0.1) is 11.4 Å². The highest BCUT2D eigenvalue weighted by Crippen LogP contribution is 2.28. The summed E-state index contributed by atoms with van der Waals surface area (Å²) in [5, 5.41) is 0.695. The molecule has 1 unspecified atom stereocenters. The Morgan fingerprint density at radius 2 is 2.24 bits per heavy atom. The summed E-state index contributed by atoms with van der Waals surface area (Å²) < 4.78 is 0. The molecule has 0 bridgehead atoms. The van der Waals surface area contributed by atoms with Gasteiger partial charge < -0.3 is 15.5 Å².